The average molecular weight is 276 g/mol. The van der Waals surface area contributed by atoms with Crippen molar-refractivity contribution in [1.82, 2.24) is 20.0 Å². The van der Waals surface area contributed by atoms with Crippen molar-refractivity contribution in [3.8, 4) is 0 Å². The molecule has 3 heterocycles. The molecule has 4 heteroatoms. The van der Waals surface area contributed by atoms with Gasteiger partial charge in [-0.1, -0.05) is 6.92 Å². The van der Waals surface area contributed by atoms with E-state index < -0.39 is 0 Å². The number of piperidine rings is 1. The van der Waals surface area contributed by atoms with Crippen LogP contribution >= 0.6 is 0 Å². The fraction of sp³-hybridized carbons (Fsp3) is 0.812. The van der Waals surface area contributed by atoms with E-state index in [4.69, 9.17) is 0 Å². The van der Waals surface area contributed by atoms with Crippen molar-refractivity contribution in [2.24, 2.45) is 5.92 Å². The molecule has 20 heavy (non-hydrogen) atoms. The Balaban J connectivity index is 1.45. The van der Waals surface area contributed by atoms with E-state index in [0.717, 1.165) is 31.5 Å². The molecule has 3 rings (SSSR count). The minimum atomic E-state index is 0.810. The predicted molar refractivity (Wildman–Crippen MR) is 81.5 cm³/mol. The fourth-order valence-corrected chi connectivity index (χ4v) is 3.72. The first-order valence-corrected chi connectivity index (χ1v) is 8.32. The van der Waals surface area contributed by atoms with Crippen molar-refractivity contribution < 1.29 is 0 Å². The fourth-order valence-electron chi connectivity index (χ4n) is 3.72. The molecule has 2 saturated heterocycles. The topological polar surface area (TPSA) is 33.1 Å². The van der Waals surface area contributed by atoms with Crippen LogP contribution in [0.5, 0.6) is 0 Å². The molecular weight excluding hydrogens is 248 g/mol. The molecule has 0 saturated carbocycles. The Kier molecular flexibility index (Phi) is 4.73. The van der Waals surface area contributed by atoms with Crippen LogP contribution in [0, 0.1) is 5.92 Å². The lowest BCUT2D eigenvalue weighted by atomic mass is 9.88. The van der Waals surface area contributed by atoms with Crippen LogP contribution in [0.1, 0.15) is 44.6 Å². The van der Waals surface area contributed by atoms with Gasteiger partial charge in [0.2, 0.25) is 0 Å². The second-order valence-corrected chi connectivity index (χ2v) is 6.43. The van der Waals surface area contributed by atoms with Crippen LogP contribution in [0.2, 0.25) is 0 Å². The molecule has 2 aliphatic rings. The molecule has 2 fully saturated rings. The van der Waals surface area contributed by atoms with E-state index in [1.807, 2.05) is 6.20 Å². The van der Waals surface area contributed by atoms with Crippen LogP contribution in [0.3, 0.4) is 0 Å². The first kappa shape index (κ1) is 14.1. The van der Waals surface area contributed by atoms with Gasteiger partial charge in [-0.25, -0.2) is 0 Å². The third kappa shape index (κ3) is 3.41. The summed E-state index contributed by atoms with van der Waals surface area (Å²) in [5, 5.41) is 8.11. The lowest BCUT2D eigenvalue weighted by Crippen LogP contribution is -2.40. The highest BCUT2D eigenvalue weighted by Gasteiger charge is 2.28. The van der Waals surface area contributed by atoms with Crippen molar-refractivity contribution in [3.05, 3.63) is 18.0 Å². The molecule has 2 aliphatic heterocycles. The third-order valence-corrected chi connectivity index (χ3v) is 4.85. The first-order valence-electron chi connectivity index (χ1n) is 8.32. The molecular formula is C16H28N4. The number of hydrogen-bond acceptors (Lipinski definition) is 3. The molecule has 4 nitrogen and oxygen atoms in total. The summed E-state index contributed by atoms with van der Waals surface area (Å²) in [6, 6.07) is 0.810. The third-order valence-electron chi connectivity index (χ3n) is 4.85. The number of likely N-dealkylation sites (tertiary alicyclic amines) is 1. The molecule has 1 aromatic heterocycles. The summed E-state index contributed by atoms with van der Waals surface area (Å²) in [6.07, 6.45) is 10.9. The molecule has 1 aromatic rings. The van der Waals surface area contributed by atoms with Crippen LogP contribution in [0.4, 0.5) is 0 Å². The van der Waals surface area contributed by atoms with Crippen molar-refractivity contribution >= 4 is 0 Å². The van der Waals surface area contributed by atoms with Gasteiger partial charge in [0.1, 0.15) is 0 Å². The Morgan fingerprint density at radius 2 is 2.15 bits per heavy atom. The van der Waals surface area contributed by atoms with E-state index in [-0.39, 0.29) is 0 Å². The monoisotopic (exact) mass is 276 g/mol. The molecule has 1 unspecified atom stereocenters. The van der Waals surface area contributed by atoms with E-state index in [9.17, 15) is 0 Å². The lowest BCUT2D eigenvalue weighted by molar-refractivity contribution is 0.157. The number of hydrogen-bond donors (Lipinski definition) is 1. The van der Waals surface area contributed by atoms with Crippen molar-refractivity contribution in [1.29, 1.82) is 0 Å². The van der Waals surface area contributed by atoms with Gasteiger partial charge in [0.05, 0.1) is 6.20 Å². The minimum absolute atomic E-state index is 0.810. The first-order chi connectivity index (χ1) is 9.85. The molecule has 0 bridgehead atoms. The van der Waals surface area contributed by atoms with Crippen molar-refractivity contribution in [2.75, 3.05) is 19.6 Å². The number of rotatable bonds is 5. The summed E-state index contributed by atoms with van der Waals surface area (Å²) < 4.78 is 2.07. The molecule has 112 valence electrons. The highest BCUT2D eigenvalue weighted by Crippen LogP contribution is 2.26. The summed E-state index contributed by atoms with van der Waals surface area (Å²) in [4.78, 5) is 2.60. The zero-order chi connectivity index (χ0) is 13.8. The van der Waals surface area contributed by atoms with Gasteiger partial charge in [0.15, 0.2) is 0 Å². The van der Waals surface area contributed by atoms with Crippen molar-refractivity contribution in [2.45, 2.75) is 58.2 Å². The van der Waals surface area contributed by atoms with E-state index in [1.165, 1.54) is 50.9 Å². The molecule has 1 atom stereocenters. The standard InChI is InChI=1S/C16H28N4/c1-2-8-20-13-14(11-18-20)12-19-9-5-15(6-10-19)16-4-3-7-17-16/h11,13,15-17H,2-10,12H2,1H3. The van der Waals surface area contributed by atoms with E-state index in [1.54, 1.807) is 0 Å². The zero-order valence-corrected chi connectivity index (χ0v) is 12.7. The van der Waals surface area contributed by atoms with Crippen LogP contribution < -0.4 is 5.32 Å². The summed E-state index contributed by atoms with van der Waals surface area (Å²) in [7, 11) is 0. The molecule has 1 N–H and O–H groups in total. The maximum Gasteiger partial charge on any atom is 0.0534 e. The Labute approximate surface area is 122 Å². The predicted octanol–water partition coefficient (Wildman–Crippen LogP) is 2.26. The van der Waals surface area contributed by atoms with Crippen molar-refractivity contribution in [3.63, 3.8) is 0 Å². The number of aromatic nitrogens is 2. The summed E-state index contributed by atoms with van der Waals surface area (Å²) >= 11 is 0. The second-order valence-electron chi connectivity index (χ2n) is 6.43. The Morgan fingerprint density at radius 1 is 1.30 bits per heavy atom. The Morgan fingerprint density at radius 3 is 2.85 bits per heavy atom. The van der Waals surface area contributed by atoms with Gasteiger partial charge < -0.3 is 5.32 Å². The van der Waals surface area contributed by atoms with Crippen LogP contribution in [-0.2, 0) is 13.1 Å². The van der Waals surface area contributed by atoms with E-state index >= 15 is 0 Å². The van der Waals surface area contributed by atoms with Crippen LogP contribution in [-0.4, -0.2) is 40.4 Å². The maximum absolute atomic E-state index is 4.43. The highest BCUT2D eigenvalue weighted by molar-refractivity contribution is 5.04. The summed E-state index contributed by atoms with van der Waals surface area (Å²) in [6.45, 7) is 8.05. The van der Waals surface area contributed by atoms with Gasteiger partial charge >= 0.3 is 0 Å². The second kappa shape index (κ2) is 6.72. The highest BCUT2D eigenvalue weighted by atomic mass is 15.3. The van der Waals surface area contributed by atoms with Crippen LogP contribution in [0.25, 0.3) is 0 Å². The smallest absolute Gasteiger partial charge is 0.0534 e. The molecule has 0 amide bonds. The number of aryl methyl sites for hydroxylation is 1. The zero-order valence-electron chi connectivity index (χ0n) is 12.7. The molecule has 0 spiro atoms. The number of nitrogens with zero attached hydrogens (tertiary/aromatic N) is 3. The maximum atomic E-state index is 4.43. The van der Waals surface area contributed by atoms with Gasteiger partial charge in [-0.2, -0.15) is 5.10 Å². The quantitative estimate of drug-likeness (QED) is 0.895. The SMILES string of the molecule is CCCn1cc(CN2CCC(C3CCCN3)CC2)cn1. The normalized spacial score (nSPS) is 25.4. The van der Waals surface area contributed by atoms with E-state index in [0.29, 0.717) is 0 Å². The molecule has 0 radical (unpaired) electrons. The van der Waals surface area contributed by atoms with Gasteiger partial charge in [-0.05, 0) is 57.7 Å². The largest absolute Gasteiger partial charge is 0.314 e. The van der Waals surface area contributed by atoms with Gasteiger partial charge in [0.25, 0.3) is 0 Å². The van der Waals surface area contributed by atoms with E-state index in [2.05, 4.69) is 33.1 Å². The minimum Gasteiger partial charge on any atom is -0.314 e. The molecule has 0 aromatic carbocycles. The lowest BCUT2D eigenvalue weighted by Gasteiger charge is -2.34. The van der Waals surface area contributed by atoms with Gasteiger partial charge in [-0.15, -0.1) is 0 Å². The Bertz CT molecular complexity index is 400. The van der Waals surface area contributed by atoms with Gasteiger partial charge in [-0.3, -0.25) is 9.58 Å². The molecule has 0 aliphatic carbocycles. The Hall–Kier alpha value is -0.870. The van der Waals surface area contributed by atoms with Gasteiger partial charge in [0, 0.05) is 30.9 Å². The number of nitrogens with one attached hydrogen (secondary N) is 1. The summed E-state index contributed by atoms with van der Waals surface area (Å²) in [5.41, 5.74) is 1.37. The average Bonchev–Trinajstić information content (AvgIpc) is 3.12. The summed E-state index contributed by atoms with van der Waals surface area (Å²) in [5.74, 6) is 0.913. The van der Waals surface area contributed by atoms with Crippen LogP contribution in [0.15, 0.2) is 12.4 Å².